The predicted molar refractivity (Wildman–Crippen MR) is 65.4 cm³/mol. The van der Waals surface area contributed by atoms with Crippen LogP contribution in [0.2, 0.25) is 0 Å². The normalized spacial score (nSPS) is 10.1. The second-order valence-electron chi connectivity index (χ2n) is 2.82. The fourth-order valence-electron chi connectivity index (χ4n) is 1.16. The van der Waals surface area contributed by atoms with Crippen molar-refractivity contribution in [3.63, 3.8) is 0 Å². The number of hydrogen-bond donors (Lipinski definition) is 1. The van der Waals surface area contributed by atoms with Gasteiger partial charge in [-0.05, 0) is 24.5 Å². The van der Waals surface area contributed by atoms with Crippen molar-refractivity contribution >= 4 is 39.2 Å². The van der Waals surface area contributed by atoms with Gasteiger partial charge in [0.1, 0.15) is 0 Å². The van der Waals surface area contributed by atoms with Crippen molar-refractivity contribution in [1.29, 1.82) is 0 Å². The number of carbonyl (C=O) groups excluding carboxylic acids is 1. The van der Waals surface area contributed by atoms with E-state index in [1.165, 1.54) is 0 Å². The molecule has 0 fully saturated rings. The summed E-state index contributed by atoms with van der Waals surface area (Å²) in [5, 5.41) is 0.689. The Labute approximate surface area is 96.4 Å². The van der Waals surface area contributed by atoms with Gasteiger partial charge in [-0.3, -0.25) is 4.79 Å². The Morgan fingerprint density at radius 1 is 1.57 bits per heavy atom. The number of hydrogen-bond acceptors (Lipinski definition) is 3. The number of Topliss-reactive ketones (excluding diaryl/α,β-unsaturated/α-hetero) is 1. The van der Waals surface area contributed by atoms with E-state index in [-0.39, 0.29) is 5.78 Å². The topological polar surface area (TPSA) is 43.1 Å². The molecule has 0 heterocycles. The van der Waals surface area contributed by atoms with Crippen LogP contribution >= 0.6 is 27.7 Å². The van der Waals surface area contributed by atoms with Crippen molar-refractivity contribution in [1.82, 2.24) is 0 Å². The molecular formula is C10H12BrNOS. The number of thioether (sulfide) groups is 1. The SMILES string of the molecule is CSc1ccc(N)cc1C(=O)CCBr. The predicted octanol–water partition coefficient (Wildman–Crippen LogP) is 2.96. The highest BCUT2D eigenvalue weighted by Crippen LogP contribution is 2.24. The van der Waals surface area contributed by atoms with Crippen molar-refractivity contribution in [3.05, 3.63) is 23.8 Å². The number of halogens is 1. The van der Waals surface area contributed by atoms with Crippen LogP contribution in [0, 0.1) is 0 Å². The molecule has 0 spiro atoms. The molecule has 4 heteroatoms. The first kappa shape index (κ1) is 11.6. The Morgan fingerprint density at radius 2 is 2.29 bits per heavy atom. The van der Waals surface area contributed by atoms with Crippen LogP contribution in [-0.4, -0.2) is 17.4 Å². The Kier molecular flexibility index (Phi) is 4.48. The van der Waals surface area contributed by atoms with Crippen LogP contribution in [-0.2, 0) is 0 Å². The second kappa shape index (κ2) is 5.41. The molecule has 0 amide bonds. The highest BCUT2D eigenvalue weighted by atomic mass is 79.9. The summed E-state index contributed by atoms with van der Waals surface area (Å²) < 4.78 is 0. The average molecular weight is 274 g/mol. The lowest BCUT2D eigenvalue weighted by molar-refractivity contribution is 0.0987. The van der Waals surface area contributed by atoms with Gasteiger partial charge in [0, 0.05) is 27.9 Å². The van der Waals surface area contributed by atoms with Crippen LogP contribution in [0.4, 0.5) is 5.69 Å². The van der Waals surface area contributed by atoms with Gasteiger partial charge in [0.15, 0.2) is 5.78 Å². The molecule has 0 saturated heterocycles. The van der Waals surface area contributed by atoms with Crippen molar-refractivity contribution in [2.75, 3.05) is 17.3 Å². The standard InChI is InChI=1S/C10H12BrNOS/c1-14-10-3-2-7(12)6-8(10)9(13)4-5-11/h2-3,6H,4-5,12H2,1H3. The number of nitrogen functional groups attached to an aromatic ring is 1. The highest BCUT2D eigenvalue weighted by Gasteiger charge is 2.10. The average Bonchev–Trinajstić information content (AvgIpc) is 2.18. The molecule has 1 rings (SSSR count). The lowest BCUT2D eigenvalue weighted by atomic mass is 10.1. The molecule has 0 bridgehead atoms. The Morgan fingerprint density at radius 3 is 2.86 bits per heavy atom. The van der Waals surface area contributed by atoms with Crippen molar-refractivity contribution in [3.8, 4) is 0 Å². The minimum Gasteiger partial charge on any atom is -0.399 e. The second-order valence-corrected chi connectivity index (χ2v) is 4.46. The van der Waals surface area contributed by atoms with Crippen LogP contribution < -0.4 is 5.73 Å². The van der Waals surface area contributed by atoms with Gasteiger partial charge in [0.25, 0.3) is 0 Å². The van der Waals surface area contributed by atoms with E-state index < -0.39 is 0 Å². The van der Waals surface area contributed by atoms with Crippen molar-refractivity contribution in [2.24, 2.45) is 0 Å². The van der Waals surface area contributed by atoms with Crippen LogP contribution in [0.15, 0.2) is 23.1 Å². The van der Waals surface area contributed by atoms with Gasteiger partial charge >= 0.3 is 0 Å². The first-order valence-electron chi connectivity index (χ1n) is 4.21. The maximum absolute atomic E-state index is 11.7. The first-order valence-corrected chi connectivity index (χ1v) is 6.56. The molecule has 1 aromatic rings. The van der Waals surface area contributed by atoms with Crippen LogP contribution in [0.3, 0.4) is 0 Å². The number of benzene rings is 1. The summed E-state index contributed by atoms with van der Waals surface area (Å²) in [6.45, 7) is 0. The van der Waals surface area contributed by atoms with Gasteiger partial charge in [-0.1, -0.05) is 15.9 Å². The van der Waals surface area contributed by atoms with Crippen molar-refractivity contribution in [2.45, 2.75) is 11.3 Å². The Hall–Kier alpha value is -0.480. The smallest absolute Gasteiger partial charge is 0.164 e. The summed E-state index contributed by atoms with van der Waals surface area (Å²) >= 11 is 4.82. The van der Waals surface area contributed by atoms with E-state index in [1.54, 1.807) is 17.8 Å². The van der Waals surface area contributed by atoms with Gasteiger partial charge in [-0.15, -0.1) is 11.8 Å². The number of alkyl halides is 1. The van der Waals surface area contributed by atoms with Gasteiger partial charge in [-0.25, -0.2) is 0 Å². The molecule has 0 aliphatic carbocycles. The molecule has 0 aliphatic rings. The molecule has 1 aromatic carbocycles. The molecule has 2 nitrogen and oxygen atoms in total. The van der Waals surface area contributed by atoms with E-state index >= 15 is 0 Å². The molecule has 0 aliphatic heterocycles. The van der Waals surface area contributed by atoms with Crippen molar-refractivity contribution < 1.29 is 4.79 Å². The zero-order chi connectivity index (χ0) is 10.6. The van der Waals surface area contributed by atoms with Gasteiger partial charge in [0.05, 0.1) is 0 Å². The molecule has 2 N–H and O–H groups in total. The Balaban J connectivity index is 3.03. The summed E-state index contributed by atoms with van der Waals surface area (Å²) in [6, 6.07) is 5.45. The first-order chi connectivity index (χ1) is 6.69. The number of rotatable bonds is 4. The zero-order valence-electron chi connectivity index (χ0n) is 7.92. The van der Waals surface area contributed by atoms with E-state index in [0.717, 1.165) is 10.5 Å². The summed E-state index contributed by atoms with van der Waals surface area (Å²) in [6.07, 6.45) is 2.47. The highest BCUT2D eigenvalue weighted by molar-refractivity contribution is 9.09. The minimum atomic E-state index is 0.138. The third-order valence-corrected chi connectivity index (χ3v) is 3.04. The summed E-state index contributed by atoms with van der Waals surface area (Å²) in [5.74, 6) is 0.138. The molecule has 0 unspecified atom stereocenters. The van der Waals surface area contributed by atoms with Crippen LogP contribution in [0.5, 0.6) is 0 Å². The van der Waals surface area contributed by atoms with Crippen LogP contribution in [0.25, 0.3) is 0 Å². The maximum Gasteiger partial charge on any atom is 0.164 e. The van der Waals surface area contributed by atoms with Gasteiger partial charge < -0.3 is 5.73 Å². The molecular weight excluding hydrogens is 262 g/mol. The van der Waals surface area contributed by atoms with Gasteiger partial charge in [-0.2, -0.15) is 0 Å². The molecule has 0 atom stereocenters. The van der Waals surface area contributed by atoms with Gasteiger partial charge in [0.2, 0.25) is 0 Å². The number of nitrogens with two attached hydrogens (primary N) is 1. The van der Waals surface area contributed by atoms with E-state index in [2.05, 4.69) is 15.9 Å². The number of anilines is 1. The lowest BCUT2D eigenvalue weighted by Gasteiger charge is -2.06. The van der Waals surface area contributed by atoms with E-state index in [4.69, 9.17) is 5.73 Å². The Bertz CT molecular complexity index is 341. The summed E-state index contributed by atoms with van der Waals surface area (Å²) in [5.41, 5.74) is 7.02. The zero-order valence-corrected chi connectivity index (χ0v) is 10.3. The fraction of sp³-hybridized carbons (Fsp3) is 0.300. The van der Waals surface area contributed by atoms with E-state index in [1.807, 2.05) is 18.4 Å². The van der Waals surface area contributed by atoms with E-state index in [0.29, 0.717) is 17.4 Å². The monoisotopic (exact) mass is 273 g/mol. The number of carbonyl (C=O) groups is 1. The summed E-state index contributed by atoms with van der Waals surface area (Å²) in [4.78, 5) is 12.7. The minimum absolute atomic E-state index is 0.138. The van der Waals surface area contributed by atoms with E-state index in [9.17, 15) is 4.79 Å². The molecule has 0 saturated carbocycles. The molecule has 14 heavy (non-hydrogen) atoms. The molecule has 0 radical (unpaired) electrons. The molecule has 76 valence electrons. The third kappa shape index (κ3) is 2.75. The molecule has 0 aromatic heterocycles. The lowest BCUT2D eigenvalue weighted by Crippen LogP contribution is -2.02. The largest absolute Gasteiger partial charge is 0.399 e. The maximum atomic E-state index is 11.7. The summed E-state index contributed by atoms with van der Waals surface area (Å²) in [7, 11) is 0. The number of ketones is 1. The third-order valence-electron chi connectivity index (χ3n) is 1.85. The quantitative estimate of drug-likeness (QED) is 0.397. The van der Waals surface area contributed by atoms with Crippen LogP contribution in [0.1, 0.15) is 16.8 Å². The fourth-order valence-corrected chi connectivity index (χ4v) is 2.12.